The Morgan fingerprint density at radius 3 is 2.64 bits per heavy atom. The zero-order valence-electron chi connectivity index (χ0n) is 13.7. The average Bonchev–Trinajstić information content (AvgIpc) is 3.08. The summed E-state index contributed by atoms with van der Waals surface area (Å²) < 4.78 is 5.39. The molecule has 1 aliphatic rings. The van der Waals surface area contributed by atoms with Crippen molar-refractivity contribution in [2.45, 2.75) is 12.8 Å². The predicted octanol–water partition coefficient (Wildman–Crippen LogP) is 3.47. The molecule has 0 saturated carbocycles. The number of carbonyl (C=O) groups excluding carboxylic acids is 1. The molecular weight excluding hydrogens is 312 g/mol. The van der Waals surface area contributed by atoms with E-state index in [0.29, 0.717) is 5.75 Å². The Morgan fingerprint density at radius 2 is 1.80 bits per heavy atom. The Hall–Kier alpha value is -3.14. The maximum Gasteiger partial charge on any atom is 0.277 e. The lowest BCUT2D eigenvalue weighted by Gasteiger charge is -2.06. The lowest BCUT2D eigenvalue weighted by molar-refractivity contribution is -0.123. The first kappa shape index (κ1) is 15.4. The summed E-state index contributed by atoms with van der Waals surface area (Å²) >= 11 is 0. The predicted molar refractivity (Wildman–Crippen MR) is 99.0 cm³/mol. The standard InChI is InChI=1S/C21H18N2O2/c24-20(14-25-18-6-2-1-3-7-18)23-22-13-17-12-11-16-10-9-15-5-4-8-19(17)21(15)16/h1-8,11-13H,9-10,14H2,(H,23,24)/b22-13-. The third kappa shape index (κ3) is 3.24. The van der Waals surface area contributed by atoms with E-state index in [4.69, 9.17) is 4.74 Å². The monoisotopic (exact) mass is 330 g/mol. The maximum absolute atomic E-state index is 11.8. The van der Waals surface area contributed by atoms with E-state index in [9.17, 15) is 4.79 Å². The van der Waals surface area contributed by atoms with Gasteiger partial charge >= 0.3 is 0 Å². The van der Waals surface area contributed by atoms with Crippen LogP contribution in [0.4, 0.5) is 0 Å². The summed E-state index contributed by atoms with van der Waals surface area (Å²) in [5, 5.41) is 6.60. The molecule has 4 heteroatoms. The van der Waals surface area contributed by atoms with Gasteiger partial charge < -0.3 is 4.74 Å². The van der Waals surface area contributed by atoms with Crippen LogP contribution < -0.4 is 10.2 Å². The van der Waals surface area contributed by atoms with E-state index in [-0.39, 0.29) is 12.5 Å². The second-order valence-corrected chi connectivity index (χ2v) is 6.05. The van der Waals surface area contributed by atoms with Gasteiger partial charge in [-0.3, -0.25) is 4.79 Å². The van der Waals surface area contributed by atoms with Gasteiger partial charge in [-0.15, -0.1) is 0 Å². The number of nitrogens with one attached hydrogen (secondary N) is 1. The van der Waals surface area contributed by atoms with E-state index in [1.165, 1.54) is 21.9 Å². The molecule has 0 aromatic heterocycles. The van der Waals surface area contributed by atoms with Crippen molar-refractivity contribution in [1.29, 1.82) is 0 Å². The molecule has 1 aliphatic carbocycles. The Morgan fingerprint density at radius 1 is 1.00 bits per heavy atom. The van der Waals surface area contributed by atoms with Crippen molar-refractivity contribution in [3.63, 3.8) is 0 Å². The SMILES string of the molecule is O=C(COc1ccccc1)N/N=C\c1ccc2c3c(cccc13)CC2. The summed E-state index contributed by atoms with van der Waals surface area (Å²) in [6, 6.07) is 19.8. The second-order valence-electron chi connectivity index (χ2n) is 6.05. The fourth-order valence-corrected chi connectivity index (χ4v) is 3.25. The van der Waals surface area contributed by atoms with Gasteiger partial charge in [-0.25, -0.2) is 5.43 Å². The lowest BCUT2D eigenvalue weighted by Crippen LogP contribution is -2.24. The molecule has 0 spiro atoms. The van der Waals surface area contributed by atoms with Crippen molar-refractivity contribution >= 4 is 22.9 Å². The van der Waals surface area contributed by atoms with Gasteiger partial charge in [0, 0.05) is 5.56 Å². The van der Waals surface area contributed by atoms with E-state index >= 15 is 0 Å². The first-order valence-electron chi connectivity index (χ1n) is 8.34. The van der Waals surface area contributed by atoms with Crippen LogP contribution in [0.15, 0.2) is 65.8 Å². The molecule has 0 atom stereocenters. The minimum absolute atomic E-state index is 0.0643. The van der Waals surface area contributed by atoms with Crippen LogP contribution >= 0.6 is 0 Å². The highest BCUT2D eigenvalue weighted by atomic mass is 16.5. The van der Waals surface area contributed by atoms with Crippen LogP contribution in [0.25, 0.3) is 10.8 Å². The Balaban J connectivity index is 1.43. The fraction of sp³-hybridized carbons (Fsp3) is 0.143. The first-order chi connectivity index (χ1) is 12.3. The molecule has 4 nitrogen and oxygen atoms in total. The maximum atomic E-state index is 11.8. The van der Waals surface area contributed by atoms with Crippen LogP contribution in [0.5, 0.6) is 5.75 Å². The summed E-state index contributed by atoms with van der Waals surface area (Å²) in [4.78, 5) is 11.8. The number of carbonyl (C=O) groups is 1. The fourth-order valence-electron chi connectivity index (χ4n) is 3.25. The number of nitrogens with zero attached hydrogens (tertiary/aromatic N) is 1. The highest BCUT2D eigenvalue weighted by molar-refractivity contribution is 6.03. The number of para-hydroxylation sites is 1. The molecule has 0 fully saturated rings. The average molecular weight is 330 g/mol. The van der Waals surface area contributed by atoms with Gasteiger partial charge in [-0.2, -0.15) is 5.10 Å². The summed E-state index contributed by atoms with van der Waals surface area (Å²) in [7, 11) is 0. The largest absolute Gasteiger partial charge is 0.484 e. The lowest BCUT2D eigenvalue weighted by atomic mass is 10.0. The van der Waals surface area contributed by atoms with Crippen LogP contribution in [0.1, 0.15) is 16.7 Å². The summed E-state index contributed by atoms with van der Waals surface area (Å²) in [5.41, 5.74) is 6.31. The number of hydrogen-bond donors (Lipinski definition) is 1. The molecule has 0 aliphatic heterocycles. The van der Waals surface area contributed by atoms with Crippen molar-refractivity contribution in [3.8, 4) is 5.75 Å². The number of aryl methyl sites for hydroxylation is 2. The summed E-state index contributed by atoms with van der Waals surface area (Å²) in [6.07, 6.45) is 3.89. The van der Waals surface area contributed by atoms with Crippen LogP contribution in [0, 0.1) is 0 Å². The quantitative estimate of drug-likeness (QED) is 0.575. The van der Waals surface area contributed by atoms with Crippen molar-refractivity contribution < 1.29 is 9.53 Å². The summed E-state index contributed by atoms with van der Waals surface area (Å²) in [5.74, 6) is 0.375. The van der Waals surface area contributed by atoms with Gasteiger partial charge in [0.2, 0.25) is 0 Å². The van der Waals surface area contributed by atoms with Crippen molar-refractivity contribution in [1.82, 2.24) is 5.43 Å². The highest BCUT2D eigenvalue weighted by Crippen LogP contribution is 2.32. The van der Waals surface area contributed by atoms with Gasteiger partial charge in [0.15, 0.2) is 6.61 Å². The van der Waals surface area contributed by atoms with Crippen LogP contribution in [0.2, 0.25) is 0 Å². The molecule has 1 N–H and O–H groups in total. The van der Waals surface area contributed by atoms with Crippen molar-refractivity contribution in [3.05, 3.63) is 77.4 Å². The van der Waals surface area contributed by atoms with Crippen LogP contribution in [-0.4, -0.2) is 18.7 Å². The third-order valence-electron chi connectivity index (χ3n) is 4.42. The normalized spacial score (nSPS) is 12.6. The van der Waals surface area contributed by atoms with Gasteiger partial charge in [0.1, 0.15) is 5.75 Å². The molecular formula is C21H18N2O2. The zero-order valence-corrected chi connectivity index (χ0v) is 13.7. The van der Waals surface area contributed by atoms with Gasteiger partial charge in [0.05, 0.1) is 6.21 Å². The minimum Gasteiger partial charge on any atom is -0.484 e. The smallest absolute Gasteiger partial charge is 0.277 e. The van der Waals surface area contributed by atoms with E-state index in [0.717, 1.165) is 18.4 Å². The number of benzene rings is 3. The van der Waals surface area contributed by atoms with Crippen LogP contribution in [0.3, 0.4) is 0 Å². The van der Waals surface area contributed by atoms with Crippen molar-refractivity contribution in [2.75, 3.05) is 6.61 Å². The minimum atomic E-state index is -0.286. The number of rotatable bonds is 5. The summed E-state index contributed by atoms with van der Waals surface area (Å²) in [6.45, 7) is -0.0643. The van der Waals surface area contributed by atoms with E-state index in [2.05, 4.69) is 40.9 Å². The molecule has 0 radical (unpaired) electrons. The Bertz CT molecular complexity index is 939. The molecule has 0 saturated heterocycles. The molecule has 3 aromatic carbocycles. The molecule has 0 heterocycles. The number of hydrogen-bond acceptors (Lipinski definition) is 3. The van der Waals surface area contributed by atoms with Gasteiger partial charge in [0.25, 0.3) is 5.91 Å². The molecule has 124 valence electrons. The topological polar surface area (TPSA) is 50.7 Å². The van der Waals surface area contributed by atoms with Crippen molar-refractivity contribution in [2.24, 2.45) is 5.10 Å². The van der Waals surface area contributed by atoms with E-state index in [1.807, 2.05) is 30.3 Å². The third-order valence-corrected chi connectivity index (χ3v) is 4.42. The molecule has 4 rings (SSSR count). The Kier molecular flexibility index (Phi) is 4.17. The second kappa shape index (κ2) is 6.77. The number of amides is 1. The zero-order chi connectivity index (χ0) is 17.1. The molecule has 0 unspecified atom stereocenters. The molecule has 3 aromatic rings. The van der Waals surface area contributed by atoms with Gasteiger partial charge in [-0.05, 0) is 46.9 Å². The number of hydrazone groups is 1. The Labute approximate surface area is 146 Å². The van der Waals surface area contributed by atoms with Gasteiger partial charge in [-0.1, -0.05) is 48.5 Å². The molecule has 25 heavy (non-hydrogen) atoms. The number of ether oxygens (including phenoxy) is 1. The van der Waals surface area contributed by atoms with E-state index in [1.54, 1.807) is 6.21 Å². The van der Waals surface area contributed by atoms with Crippen LogP contribution in [-0.2, 0) is 17.6 Å². The molecule has 1 amide bonds. The first-order valence-corrected chi connectivity index (χ1v) is 8.34. The highest BCUT2D eigenvalue weighted by Gasteiger charge is 2.14. The van der Waals surface area contributed by atoms with E-state index < -0.39 is 0 Å². The molecule has 0 bridgehead atoms.